The van der Waals surface area contributed by atoms with Crippen molar-refractivity contribution in [3.8, 4) is 0 Å². The second-order valence-corrected chi connectivity index (χ2v) is 7.12. The van der Waals surface area contributed by atoms with Crippen molar-refractivity contribution in [3.05, 3.63) is 71.5 Å². The average molecular weight is 414 g/mol. The number of carboxylic acid groups (broad SMARTS) is 1. The van der Waals surface area contributed by atoms with Crippen LogP contribution in [0.15, 0.2) is 54.6 Å². The molecule has 0 aliphatic carbocycles. The van der Waals surface area contributed by atoms with E-state index in [-0.39, 0.29) is 13.0 Å². The molecule has 1 aliphatic heterocycles. The number of nitrogens with one attached hydrogen (secondary N) is 1. The molecule has 1 heterocycles. The van der Waals surface area contributed by atoms with Crippen LogP contribution in [0.5, 0.6) is 0 Å². The highest BCUT2D eigenvalue weighted by atomic mass is 19.1. The summed E-state index contributed by atoms with van der Waals surface area (Å²) in [6, 6.07) is 12.7. The Morgan fingerprint density at radius 3 is 2.47 bits per heavy atom. The van der Waals surface area contributed by atoms with Crippen molar-refractivity contribution in [1.82, 2.24) is 10.2 Å². The molecule has 2 amide bonds. The number of benzene rings is 2. The summed E-state index contributed by atoms with van der Waals surface area (Å²) in [5, 5.41) is 11.9. The Kier molecular flexibility index (Phi) is 7.00. The summed E-state index contributed by atoms with van der Waals surface area (Å²) < 4.78 is 18.4. The van der Waals surface area contributed by atoms with Crippen LogP contribution in [0.3, 0.4) is 0 Å². The Hall–Kier alpha value is -3.42. The molecule has 1 saturated heterocycles. The number of halogens is 1. The van der Waals surface area contributed by atoms with Crippen LogP contribution in [0, 0.1) is 5.82 Å². The van der Waals surface area contributed by atoms with Gasteiger partial charge in [0.25, 0.3) is 0 Å². The lowest BCUT2D eigenvalue weighted by Crippen LogP contribution is -2.52. The lowest BCUT2D eigenvalue weighted by molar-refractivity contribution is -0.148. The molecule has 2 aromatic carbocycles. The summed E-state index contributed by atoms with van der Waals surface area (Å²) in [5.41, 5.74) is 1.42. The van der Waals surface area contributed by atoms with Gasteiger partial charge in [0.2, 0.25) is 5.91 Å². The molecule has 30 heavy (non-hydrogen) atoms. The molecule has 2 N–H and O–H groups in total. The first-order valence-electron chi connectivity index (χ1n) is 9.69. The number of carboxylic acids is 1. The first-order chi connectivity index (χ1) is 14.4. The van der Waals surface area contributed by atoms with Gasteiger partial charge in [0.15, 0.2) is 0 Å². The van der Waals surface area contributed by atoms with Crippen LogP contribution in [0.25, 0.3) is 0 Å². The number of amides is 2. The van der Waals surface area contributed by atoms with Gasteiger partial charge in [-0.15, -0.1) is 0 Å². The van der Waals surface area contributed by atoms with Crippen LogP contribution in [-0.4, -0.2) is 46.6 Å². The minimum Gasteiger partial charge on any atom is -0.480 e. The van der Waals surface area contributed by atoms with E-state index in [1.165, 1.54) is 29.2 Å². The van der Waals surface area contributed by atoms with Gasteiger partial charge < -0.3 is 20.1 Å². The second kappa shape index (κ2) is 9.87. The van der Waals surface area contributed by atoms with Gasteiger partial charge >= 0.3 is 12.1 Å². The highest BCUT2D eigenvalue weighted by Gasteiger charge is 2.37. The maximum absolute atomic E-state index is 13.2. The molecule has 2 aromatic rings. The van der Waals surface area contributed by atoms with Crippen molar-refractivity contribution >= 4 is 18.0 Å². The first kappa shape index (κ1) is 21.3. The van der Waals surface area contributed by atoms with Crippen LogP contribution in [0.2, 0.25) is 0 Å². The van der Waals surface area contributed by atoms with Crippen molar-refractivity contribution in [2.24, 2.45) is 0 Å². The molecule has 1 aliphatic rings. The molecule has 0 radical (unpaired) electrons. The van der Waals surface area contributed by atoms with E-state index in [4.69, 9.17) is 4.74 Å². The maximum atomic E-state index is 13.2. The summed E-state index contributed by atoms with van der Waals surface area (Å²) in [7, 11) is 0. The number of carbonyl (C=O) groups excluding carboxylic acids is 2. The van der Waals surface area contributed by atoms with Gasteiger partial charge in [-0.1, -0.05) is 42.5 Å². The zero-order chi connectivity index (χ0) is 21.5. The van der Waals surface area contributed by atoms with Gasteiger partial charge in [-0.25, -0.2) is 14.0 Å². The number of carbonyl (C=O) groups is 3. The van der Waals surface area contributed by atoms with Crippen LogP contribution in [0.1, 0.15) is 24.0 Å². The van der Waals surface area contributed by atoms with Crippen molar-refractivity contribution in [2.45, 2.75) is 38.0 Å². The topological polar surface area (TPSA) is 95.9 Å². The number of aliphatic carboxylic acids is 1. The van der Waals surface area contributed by atoms with E-state index in [1.54, 1.807) is 12.1 Å². The molecule has 3 rings (SSSR count). The van der Waals surface area contributed by atoms with Gasteiger partial charge in [0.05, 0.1) is 0 Å². The SMILES string of the molecule is O=C(N[C@H](Cc1ccc(F)cc1)C(=O)N1CCC[C@H]1C(=O)O)OCc1ccccc1. The van der Waals surface area contributed by atoms with E-state index in [9.17, 15) is 23.9 Å². The highest BCUT2D eigenvalue weighted by molar-refractivity contribution is 5.90. The fourth-order valence-corrected chi connectivity index (χ4v) is 3.45. The highest BCUT2D eigenvalue weighted by Crippen LogP contribution is 2.20. The van der Waals surface area contributed by atoms with E-state index in [0.717, 1.165) is 5.56 Å². The van der Waals surface area contributed by atoms with Gasteiger partial charge in [0.1, 0.15) is 24.5 Å². The van der Waals surface area contributed by atoms with Crippen molar-refractivity contribution < 1.29 is 28.6 Å². The van der Waals surface area contributed by atoms with Crippen molar-refractivity contribution in [2.75, 3.05) is 6.54 Å². The summed E-state index contributed by atoms with van der Waals surface area (Å²) >= 11 is 0. The monoisotopic (exact) mass is 414 g/mol. The zero-order valence-electron chi connectivity index (χ0n) is 16.3. The Balaban J connectivity index is 1.71. The molecule has 158 valence electrons. The zero-order valence-corrected chi connectivity index (χ0v) is 16.3. The number of likely N-dealkylation sites (tertiary alicyclic amines) is 1. The standard InChI is InChI=1S/C22H23FN2O5/c23-17-10-8-15(9-11-17)13-18(20(26)25-12-4-7-19(25)21(27)28)24-22(29)30-14-16-5-2-1-3-6-16/h1-3,5-6,8-11,18-19H,4,7,12-14H2,(H,24,29)(H,27,28)/t18-,19+/m1/s1. The third-order valence-corrected chi connectivity index (χ3v) is 4.98. The first-order valence-corrected chi connectivity index (χ1v) is 9.69. The molecule has 0 spiro atoms. The van der Waals surface area contributed by atoms with E-state index in [2.05, 4.69) is 5.32 Å². The quantitative estimate of drug-likeness (QED) is 0.726. The third-order valence-electron chi connectivity index (χ3n) is 4.98. The second-order valence-electron chi connectivity index (χ2n) is 7.12. The molecule has 0 aromatic heterocycles. The van der Waals surface area contributed by atoms with E-state index in [1.807, 2.05) is 18.2 Å². The lowest BCUT2D eigenvalue weighted by atomic mass is 10.0. The predicted octanol–water partition coefficient (Wildman–Crippen LogP) is 2.74. The van der Waals surface area contributed by atoms with Gasteiger partial charge in [-0.05, 0) is 36.1 Å². The Morgan fingerprint density at radius 2 is 1.80 bits per heavy atom. The van der Waals surface area contributed by atoms with Crippen LogP contribution >= 0.6 is 0 Å². The average Bonchev–Trinajstić information content (AvgIpc) is 3.24. The minimum absolute atomic E-state index is 0.0333. The van der Waals surface area contributed by atoms with E-state index in [0.29, 0.717) is 24.9 Å². The fourth-order valence-electron chi connectivity index (χ4n) is 3.45. The number of hydrogen-bond acceptors (Lipinski definition) is 4. The number of alkyl carbamates (subject to hydrolysis) is 1. The van der Waals surface area contributed by atoms with E-state index < -0.39 is 35.9 Å². The van der Waals surface area contributed by atoms with Gasteiger partial charge in [-0.3, -0.25) is 4.79 Å². The number of rotatable bonds is 7. The molecule has 0 bridgehead atoms. The molecule has 1 fully saturated rings. The smallest absolute Gasteiger partial charge is 0.408 e. The predicted molar refractivity (Wildman–Crippen MR) is 106 cm³/mol. The Bertz CT molecular complexity index is 888. The van der Waals surface area contributed by atoms with Crippen molar-refractivity contribution in [1.29, 1.82) is 0 Å². The molecule has 8 heteroatoms. The van der Waals surface area contributed by atoms with Crippen LogP contribution in [-0.2, 0) is 27.4 Å². The number of nitrogens with zero attached hydrogens (tertiary/aromatic N) is 1. The fraction of sp³-hybridized carbons (Fsp3) is 0.318. The summed E-state index contributed by atoms with van der Waals surface area (Å²) in [6.07, 6.45) is 0.237. The molecule has 0 saturated carbocycles. The summed E-state index contributed by atoms with van der Waals surface area (Å²) in [5.74, 6) is -1.99. The summed E-state index contributed by atoms with van der Waals surface area (Å²) in [6.45, 7) is 0.335. The van der Waals surface area contributed by atoms with E-state index >= 15 is 0 Å². The normalized spacial score (nSPS) is 16.7. The summed E-state index contributed by atoms with van der Waals surface area (Å²) in [4.78, 5) is 38.1. The molecule has 0 unspecified atom stereocenters. The molecular weight excluding hydrogens is 391 g/mol. The number of ether oxygens (including phenoxy) is 1. The minimum atomic E-state index is -1.08. The molecular formula is C22H23FN2O5. The Labute approximate surface area is 173 Å². The maximum Gasteiger partial charge on any atom is 0.408 e. The van der Waals surface area contributed by atoms with Gasteiger partial charge in [-0.2, -0.15) is 0 Å². The number of hydrogen-bond donors (Lipinski definition) is 2. The largest absolute Gasteiger partial charge is 0.480 e. The Morgan fingerprint density at radius 1 is 1.10 bits per heavy atom. The third kappa shape index (κ3) is 5.56. The lowest BCUT2D eigenvalue weighted by Gasteiger charge is -2.27. The molecule has 7 nitrogen and oxygen atoms in total. The van der Waals surface area contributed by atoms with Crippen molar-refractivity contribution in [3.63, 3.8) is 0 Å². The van der Waals surface area contributed by atoms with Crippen LogP contribution < -0.4 is 5.32 Å². The molecule has 2 atom stereocenters. The van der Waals surface area contributed by atoms with Gasteiger partial charge in [0, 0.05) is 13.0 Å². The van der Waals surface area contributed by atoms with Crippen LogP contribution in [0.4, 0.5) is 9.18 Å².